The Kier molecular flexibility index (Phi) is 10.9. The molecule has 0 amide bonds. The van der Waals surface area contributed by atoms with E-state index in [1.54, 1.807) is 27.9 Å². The highest BCUT2D eigenvalue weighted by Gasteiger charge is 2.91. The van der Waals surface area contributed by atoms with Crippen LogP contribution in [0.4, 0.5) is 0 Å². The first-order valence-corrected chi connectivity index (χ1v) is 20.1. The van der Waals surface area contributed by atoms with E-state index in [2.05, 4.69) is 6.92 Å². The summed E-state index contributed by atoms with van der Waals surface area (Å²) in [4.78, 5) is 39.1. The van der Waals surface area contributed by atoms with Gasteiger partial charge in [0.15, 0.2) is 12.6 Å². The van der Waals surface area contributed by atoms with Crippen molar-refractivity contribution in [2.75, 3.05) is 14.2 Å². The smallest absolute Gasteiger partial charge is 0.305 e. The Morgan fingerprint density at radius 3 is 2.20 bits per heavy atom. The highest BCUT2D eigenvalue weighted by molar-refractivity contribution is 5.81. The molecule has 19 atom stereocenters. The number of rotatable bonds is 10. The highest BCUT2D eigenvalue weighted by Crippen LogP contribution is 2.81. The average Bonchev–Trinajstić information content (AvgIpc) is 3.67. The molecule has 4 saturated carbocycles. The third-order valence-electron chi connectivity index (χ3n) is 15.1. The van der Waals surface area contributed by atoms with Crippen LogP contribution in [0.5, 0.6) is 0 Å². The van der Waals surface area contributed by atoms with Crippen LogP contribution in [0.15, 0.2) is 0 Å². The van der Waals surface area contributed by atoms with Gasteiger partial charge >= 0.3 is 11.9 Å². The summed E-state index contributed by atoms with van der Waals surface area (Å²) in [5, 5.41) is 21.3. The minimum Gasteiger partial charge on any atom is -0.458 e. The van der Waals surface area contributed by atoms with Crippen LogP contribution in [0.1, 0.15) is 106 Å². The second kappa shape index (κ2) is 14.6. The second-order valence-corrected chi connectivity index (χ2v) is 17.7. The third kappa shape index (κ3) is 6.02. The van der Waals surface area contributed by atoms with Crippen molar-refractivity contribution in [2.45, 2.75) is 191 Å². The van der Waals surface area contributed by atoms with E-state index in [0.29, 0.717) is 19.3 Å². The summed E-state index contributed by atoms with van der Waals surface area (Å²) in [7, 11) is 3.04. The van der Waals surface area contributed by atoms with E-state index in [1.807, 2.05) is 13.8 Å². The molecule has 2 N–H and O–H groups in total. The monoisotopic (exact) mass is 766 g/mol. The number of ether oxygens (including phenoxy) is 9. The Labute approximate surface area is 318 Å². The molecular weight excluding hydrogens is 704 g/mol. The second-order valence-electron chi connectivity index (χ2n) is 17.7. The number of Topliss-reactive ketones (excluding diaryl/α,β-unsaturated/α-hetero) is 1. The third-order valence-corrected chi connectivity index (χ3v) is 15.1. The van der Waals surface area contributed by atoms with Crippen molar-refractivity contribution in [3.63, 3.8) is 0 Å². The van der Waals surface area contributed by atoms with Gasteiger partial charge in [-0.2, -0.15) is 0 Å². The lowest BCUT2D eigenvalue weighted by molar-refractivity contribution is -0.343. The van der Waals surface area contributed by atoms with Crippen molar-refractivity contribution in [3.8, 4) is 0 Å². The zero-order valence-electron chi connectivity index (χ0n) is 33.3. The Balaban J connectivity index is 1.08. The molecule has 7 fully saturated rings. The standard InChI is InChI=1S/C40H62O14/c1-10-27(43)52-33-34-37(6)14-12-24(51-28-18-26(46-8)31(21(4)48-28)53-36-30(45)32(47-9)29(44)20(3)49-36)17-23(37)11-15-39(34)40(54-39)16-13-25(19(2)41)38(40,7)35(33)50-22(5)42/h20-21,23-26,28-36,44-45H,10-18H2,1-9H3/t20-,21-,23+,24+,25+,26-,28+,29-,30-,31-,32-,33+,34-,35-,36+,37+,38+,39+,40-/m1/s1. The summed E-state index contributed by atoms with van der Waals surface area (Å²) in [5.74, 6) is -1.20. The quantitative estimate of drug-likeness (QED) is 0.188. The summed E-state index contributed by atoms with van der Waals surface area (Å²) >= 11 is 0. The van der Waals surface area contributed by atoms with E-state index in [4.69, 9.17) is 42.6 Å². The summed E-state index contributed by atoms with van der Waals surface area (Å²) in [6, 6.07) is 0. The first kappa shape index (κ1) is 40.4. The van der Waals surface area contributed by atoms with Gasteiger partial charge in [-0.25, -0.2) is 0 Å². The molecule has 0 radical (unpaired) electrons. The number of esters is 2. The number of epoxide rings is 1. The van der Waals surface area contributed by atoms with Crippen molar-refractivity contribution in [2.24, 2.45) is 28.6 Å². The first-order chi connectivity index (χ1) is 25.5. The molecule has 0 aromatic carbocycles. The molecule has 54 heavy (non-hydrogen) atoms. The van der Waals surface area contributed by atoms with Crippen LogP contribution < -0.4 is 0 Å². The summed E-state index contributed by atoms with van der Waals surface area (Å²) in [6.45, 7) is 12.6. The maximum absolute atomic E-state index is 13.2. The van der Waals surface area contributed by atoms with Gasteiger partial charge in [0.1, 0.15) is 53.6 Å². The predicted octanol–water partition coefficient (Wildman–Crippen LogP) is 3.38. The number of fused-ring (bicyclic) bond motifs is 2. The zero-order valence-corrected chi connectivity index (χ0v) is 33.3. The number of hydrogen-bond acceptors (Lipinski definition) is 14. The molecule has 3 heterocycles. The predicted molar refractivity (Wildman–Crippen MR) is 189 cm³/mol. The summed E-state index contributed by atoms with van der Waals surface area (Å²) in [6.07, 6.45) is -2.59. The van der Waals surface area contributed by atoms with Gasteiger partial charge in [-0.05, 0) is 77.0 Å². The molecule has 7 aliphatic rings. The number of aliphatic hydroxyl groups is 2. The summed E-state index contributed by atoms with van der Waals surface area (Å²) in [5.41, 5.74) is -2.38. The van der Waals surface area contributed by atoms with Crippen LogP contribution in [-0.2, 0) is 57.0 Å². The van der Waals surface area contributed by atoms with E-state index < -0.39 is 90.1 Å². The Morgan fingerprint density at radius 1 is 0.815 bits per heavy atom. The van der Waals surface area contributed by atoms with Crippen LogP contribution in [-0.4, -0.2) is 127 Å². The molecular formula is C40H62O14. The van der Waals surface area contributed by atoms with Crippen molar-refractivity contribution < 1.29 is 67.2 Å². The molecule has 14 heteroatoms. The molecule has 4 aliphatic carbocycles. The number of hydrogen-bond donors (Lipinski definition) is 2. The molecule has 14 nitrogen and oxygen atoms in total. The largest absolute Gasteiger partial charge is 0.458 e. The molecule has 7 rings (SSSR count). The van der Waals surface area contributed by atoms with Crippen molar-refractivity contribution >= 4 is 17.7 Å². The molecule has 2 spiro atoms. The fourth-order valence-electron chi connectivity index (χ4n) is 12.5. The summed E-state index contributed by atoms with van der Waals surface area (Å²) < 4.78 is 56.1. The maximum atomic E-state index is 13.2. The van der Waals surface area contributed by atoms with Gasteiger partial charge in [0.05, 0.1) is 24.4 Å². The van der Waals surface area contributed by atoms with Crippen molar-refractivity contribution in [1.82, 2.24) is 0 Å². The Hall–Kier alpha value is -1.75. The van der Waals surface area contributed by atoms with E-state index in [1.165, 1.54) is 14.0 Å². The van der Waals surface area contributed by atoms with Crippen LogP contribution in [0, 0.1) is 28.6 Å². The SMILES string of the molecule is CCC(=O)O[C@@H]1[C@@H](OC(C)=O)[C@]2(C)[C@H](C(C)=O)CC[C@@]23O[C@]32CC[C@H]3C[C@@H](O[C@H]4C[C@@H](OC)[C@H](O[C@@H]5O[C@H](C)[C@@H](O)[C@@H](OC)[C@H]5O)[C@@H](C)O4)CC[C@]3(C)[C@@H]12. The minimum absolute atomic E-state index is 0.0377. The number of carbonyl (C=O) groups excluding carboxylic acids is 3. The van der Waals surface area contributed by atoms with E-state index >= 15 is 0 Å². The molecule has 0 bridgehead atoms. The number of methoxy groups -OCH3 is 2. The van der Waals surface area contributed by atoms with Gasteiger partial charge in [0.2, 0.25) is 0 Å². The normalized spacial score (nSPS) is 52.2. The Morgan fingerprint density at radius 2 is 1.56 bits per heavy atom. The minimum atomic E-state index is -1.21. The molecule has 3 saturated heterocycles. The molecule has 0 unspecified atom stereocenters. The van der Waals surface area contributed by atoms with E-state index in [9.17, 15) is 24.6 Å². The number of carbonyl (C=O) groups is 3. The number of aliphatic hydroxyl groups excluding tert-OH is 2. The molecule has 3 aliphatic heterocycles. The van der Waals surface area contributed by atoms with Gasteiger partial charge in [0.25, 0.3) is 0 Å². The van der Waals surface area contributed by atoms with E-state index in [-0.39, 0.29) is 47.4 Å². The molecule has 0 aromatic heterocycles. The van der Waals surface area contributed by atoms with Crippen LogP contribution in [0.25, 0.3) is 0 Å². The van der Waals surface area contributed by atoms with Crippen LogP contribution in [0.2, 0.25) is 0 Å². The van der Waals surface area contributed by atoms with Gasteiger partial charge in [-0.3, -0.25) is 14.4 Å². The van der Waals surface area contributed by atoms with Gasteiger partial charge < -0.3 is 52.8 Å². The fourth-order valence-corrected chi connectivity index (χ4v) is 12.5. The van der Waals surface area contributed by atoms with Crippen molar-refractivity contribution in [3.05, 3.63) is 0 Å². The van der Waals surface area contributed by atoms with E-state index in [0.717, 1.165) is 32.1 Å². The lowest BCUT2D eigenvalue weighted by atomic mass is 9.43. The lowest BCUT2D eigenvalue weighted by Crippen LogP contribution is -2.70. The average molecular weight is 767 g/mol. The highest BCUT2D eigenvalue weighted by atomic mass is 16.7. The van der Waals surface area contributed by atoms with Gasteiger partial charge in [0, 0.05) is 51.2 Å². The Bertz CT molecular complexity index is 1440. The molecule has 306 valence electrons. The molecule has 0 aromatic rings. The first-order valence-electron chi connectivity index (χ1n) is 20.1. The van der Waals surface area contributed by atoms with Gasteiger partial charge in [-0.15, -0.1) is 0 Å². The lowest BCUT2D eigenvalue weighted by Gasteiger charge is -2.61. The fraction of sp³-hybridized carbons (Fsp3) is 0.925. The van der Waals surface area contributed by atoms with Crippen LogP contribution >= 0.6 is 0 Å². The zero-order chi connectivity index (χ0) is 39.1. The maximum Gasteiger partial charge on any atom is 0.305 e. The topological polar surface area (TPSA) is 178 Å². The van der Waals surface area contributed by atoms with Gasteiger partial charge in [-0.1, -0.05) is 20.8 Å². The van der Waals surface area contributed by atoms with Crippen LogP contribution in [0.3, 0.4) is 0 Å². The number of ketones is 1. The van der Waals surface area contributed by atoms with Crippen molar-refractivity contribution in [1.29, 1.82) is 0 Å².